The Kier molecular flexibility index (Phi) is 7.99. The highest BCUT2D eigenvalue weighted by atomic mass is 15.1. The van der Waals surface area contributed by atoms with Crippen LogP contribution in [0.25, 0.3) is 0 Å². The number of anilines is 3. The lowest BCUT2D eigenvalue weighted by molar-refractivity contribution is -0.00518. The number of nitrogens with zero attached hydrogens (tertiary/aromatic N) is 1. The molecule has 0 saturated heterocycles. The molecule has 258 valence electrons. The van der Waals surface area contributed by atoms with E-state index in [2.05, 4.69) is 108 Å². The predicted molar refractivity (Wildman–Crippen MR) is 209 cm³/mol. The summed E-state index contributed by atoms with van der Waals surface area (Å²) in [6.45, 7) is 0. The molecule has 1 nitrogen and oxygen atoms in total. The lowest BCUT2D eigenvalue weighted by atomic mass is 9.48. The maximum atomic E-state index is 2.55. The quantitative estimate of drug-likeness (QED) is 0.191. The fourth-order valence-electron chi connectivity index (χ4n) is 13.3. The average Bonchev–Trinajstić information content (AvgIpc) is 3.78. The summed E-state index contributed by atoms with van der Waals surface area (Å²) in [4.78, 5) is 2.55. The van der Waals surface area contributed by atoms with E-state index in [4.69, 9.17) is 0 Å². The van der Waals surface area contributed by atoms with Crippen LogP contribution in [-0.2, 0) is 10.8 Å². The van der Waals surface area contributed by atoms with Crippen LogP contribution in [0.3, 0.4) is 0 Å². The van der Waals surface area contributed by atoms with Crippen LogP contribution < -0.4 is 4.90 Å². The second-order valence-corrected chi connectivity index (χ2v) is 18.2. The van der Waals surface area contributed by atoms with Crippen molar-refractivity contribution in [2.75, 3.05) is 4.90 Å². The second-order valence-electron chi connectivity index (χ2n) is 18.2. The summed E-state index contributed by atoms with van der Waals surface area (Å²) in [7, 11) is 0. The van der Waals surface area contributed by atoms with Crippen molar-refractivity contribution in [1.29, 1.82) is 0 Å². The van der Waals surface area contributed by atoms with Gasteiger partial charge in [0, 0.05) is 22.5 Å². The van der Waals surface area contributed by atoms with Gasteiger partial charge < -0.3 is 4.90 Å². The van der Waals surface area contributed by atoms with Gasteiger partial charge in [-0.05, 0) is 170 Å². The van der Waals surface area contributed by atoms with Gasteiger partial charge in [0.25, 0.3) is 0 Å². The summed E-state index contributed by atoms with van der Waals surface area (Å²) in [6.07, 6.45) is 23.8. The van der Waals surface area contributed by atoms with E-state index >= 15 is 0 Å². The van der Waals surface area contributed by atoms with Crippen molar-refractivity contribution in [1.82, 2.24) is 0 Å². The Morgan fingerprint density at radius 3 is 1.50 bits per heavy atom. The molecule has 1 heteroatoms. The normalized spacial score (nSPS) is 32.5. The van der Waals surface area contributed by atoms with Crippen molar-refractivity contribution in [3.8, 4) is 0 Å². The molecule has 7 saturated carbocycles. The second kappa shape index (κ2) is 12.7. The van der Waals surface area contributed by atoms with Crippen molar-refractivity contribution < 1.29 is 0 Å². The highest BCUT2D eigenvalue weighted by Gasteiger charge is 2.51. The topological polar surface area (TPSA) is 3.24 Å². The van der Waals surface area contributed by atoms with Crippen molar-refractivity contribution in [3.05, 3.63) is 125 Å². The zero-order valence-electron chi connectivity index (χ0n) is 30.2. The van der Waals surface area contributed by atoms with Crippen LogP contribution in [0, 0.1) is 29.6 Å². The molecule has 0 heterocycles. The van der Waals surface area contributed by atoms with Crippen LogP contribution >= 0.6 is 0 Å². The first kappa shape index (κ1) is 31.4. The molecule has 11 rings (SSSR count). The van der Waals surface area contributed by atoms with E-state index in [1.54, 1.807) is 11.1 Å². The lowest BCUT2D eigenvalue weighted by Gasteiger charge is -2.57. The summed E-state index contributed by atoms with van der Waals surface area (Å²) in [5.74, 6) is 5.58. The summed E-state index contributed by atoms with van der Waals surface area (Å²) >= 11 is 0. The standard InChI is InChI=1S/C49H57N/c1-2-7-25-49(26-8-3-1,42-9-5-4-6-10-42)43-17-23-46(24-18-43)50(44-19-13-39(14-20-44)47-31-35-11-12-40(47)30-35)45-21-15-41(16-22-45)48-32-36-27-37(33-48)29-38(28-36)34-48/h4-6,9-10,13-24,35-38,40,47H,1-3,7-8,11-12,25-34H2. The monoisotopic (exact) mass is 659 g/mol. The number of fused-ring (bicyclic) bond motifs is 2. The molecular formula is C49H57N. The molecular weight excluding hydrogens is 603 g/mol. The van der Waals surface area contributed by atoms with Gasteiger partial charge in [0.2, 0.25) is 0 Å². The first-order valence-corrected chi connectivity index (χ1v) is 20.8. The van der Waals surface area contributed by atoms with Crippen molar-refractivity contribution in [3.63, 3.8) is 0 Å². The Morgan fingerprint density at radius 2 is 0.960 bits per heavy atom. The number of rotatable bonds is 7. The van der Waals surface area contributed by atoms with Gasteiger partial charge in [-0.1, -0.05) is 105 Å². The van der Waals surface area contributed by atoms with E-state index in [0.717, 1.165) is 35.5 Å². The smallest absolute Gasteiger partial charge is 0.0461 e. The molecule has 50 heavy (non-hydrogen) atoms. The lowest BCUT2D eigenvalue weighted by Crippen LogP contribution is -2.48. The fraction of sp³-hybridized carbons (Fsp3) is 0.510. The SMILES string of the molecule is c1ccc(C2(c3ccc(N(c4ccc(C5CC6CCC5C6)cc4)c4ccc(C56CC7CC(CC(C7)C5)C6)cc4)cc3)CCCCCCC2)cc1. The maximum Gasteiger partial charge on any atom is 0.0461 e. The molecule has 7 fully saturated rings. The van der Waals surface area contributed by atoms with Gasteiger partial charge in [-0.15, -0.1) is 0 Å². The van der Waals surface area contributed by atoms with Crippen LogP contribution in [0.15, 0.2) is 103 Å². The molecule has 0 amide bonds. The van der Waals surface area contributed by atoms with Gasteiger partial charge in [-0.25, -0.2) is 0 Å². The van der Waals surface area contributed by atoms with E-state index in [9.17, 15) is 0 Å². The van der Waals surface area contributed by atoms with Crippen molar-refractivity contribution in [2.24, 2.45) is 29.6 Å². The average molecular weight is 660 g/mol. The molecule has 0 aromatic heterocycles. The molecule has 4 aromatic carbocycles. The van der Waals surface area contributed by atoms with Crippen LogP contribution in [0.5, 0.6) is 0 Å². The first-order valence-electron chi connectivity index (χ1n) is 20.8. The van der Waals surface area contributed by atoms with Crippen LogP contribution in [-0.4, -0.2) is 0 Å². The van der Waals surface area contributed by atoms with E-state index in [1.165, 1.54) is 137 Å². The van der Waals surface area contributed by atoms with Gasteiger partial charge in [0.05, 0.1) is 0 Å². The van der Waals surface area contributed by atoms with Gasteiger partial charge in [-0.3, -0.25) is 0 Å². The number of hydrogen-bond acceptors (Lipinski definition) is 1. The third-order valence-electron chi connectivity index (χ3n) is 15.3. The molecule has 0 aliphatic heterocycles. The van der Waals surface area contributed by atoms with Crippen molar-refractivity contribution >= 4 is 17.1 Å². The van der Waals surface area contributed by atoms with Crippen molar-refractivity contribution in [2.45, 2.75) is 126 Å². The Morgan fingerprint density at radius 1 is 0.440 bits per heavy atom. The van der Waals surface area contributed by atoms with E-state index in [-0.39, 0.29) is 5.41 Å². The molecule has 3 atom stereocenters. The minimum Gasteiger partial charge on any atom is -0.311 e. The minimum absolute atomic E-state index is 0.104. The molecule has 7 aliphatic carbocycles. The molecule has 7 aliphatic rings. The van der Waals surface area contributed by atoms with Crippen LogP contribution in [0.2, 0.25) is 0 Å². The minimum atomic E-state index is 0.104. The summed E-state index contributed by atoms with van der Waals surface area (Å²) < 4.78 is 0. The van der Waals surface area contributed by atoms with E-state index < -0.39 is 0 Å². The van der Waals surface area contributed by atoms with Crippen LogP contribution in [0.4, 0.5) is 17.1 Å². The van der Waals surface area contributed by atoms with Gasteiger partial charge in [0.15, 0.2) is 0 Å². The van der Waals surface area contributed by atoms with E-state index in [0.29, 0.717) is 5.41 Å². The molecule has 4 aromatic rings. The fourth-order valence-corrected chi connectivity index (χ4v) is 13.3. The Labute approximate surface area is 301 Å². The molecule has 0 N–H and O–H groups in total. The van der Waals surface area contributed by atoms with Gasteiger partial charge in [-0.2, -0.15) is 0 Å². The highest BCUT2D eigenvalue weighted by Crippen LogP contribution is 2.61. The zero-order chi connectivity index (χ0) is 33.1. The maximum absolute atomic E-state index is 2.55. The molecule has 0 spiro atoms. The third-order valence-corrected chi connectivity index (χ3v) is 15.3. The summed E-state index contributed by atoms with van der Waals surface area (Å²) in [6, 6.07) is 41.1. The number of hydrogen-bond donors (Lipinski definition) is 0. The summed E-state index contributed by atoms with van der Waals surface area (Å²) in [5, 5.41) is 0. The van der Waals surface area contributed by atoms with Gasteiger partial charge in [0.1, 0.15) is 0 Å². The Balaban J connectivity index is 1.01. The Bertz CT molecular complexity index is 1720. The molecule has 6 bridgehead atoms. The van der Waals surface area contributed by atoms with E-state index in [1.807, 2.05) is 0 Å². The predicted octanol–water partition coefficient (Wildman–Crippen LogP) is 13.6. The molecule has 3 unspecified atom stereocenters. The summed E-state index contributed by atoms with van der Waals surface area (Å²) in [5.41, 5.74) is 10.6. The highest BCUT2D eigenvalue weighted by molar-refractivity contribution is 5.77. The van der Waals surface area contributed by atoms with Gasteiger partial charge >= 0.3 is 0 Å². The molecule has 0 radical (unpaired) electrons. The zero-order valence-corrected chi connectivity index (χ0v) is 30.2. The largest absolute Gasteiger partial charge is 0.311 e. The first-order chi connectivity index (χ1) is 24.6. The third kappa shape index (κ3) is 5.48. The van der Waals surface area contributed by atoms with Crippen LogP contribution in [0.1, 0.15) is 137 Å². The Hall–Kier alpha value is -3.32. The number of benzene rings is 4.